The van der Waals surface area contributed by atoms with Crippen LogP contribution in [-0.4, -0.2) is 13.9 Å². The molecule has 0 amide bonds. The summed E-state index contributed by atoms with van der Waals surface area (Å²) in [7, 11) is -5.87. The van der Waals surface area contributed by atoms with E-state index >= 15 is 0 Å². The van der Waals surface area contributed by atoms with E-state index in [4.69, 9.17) is 8.60 Å². The van der Waals surface area contributed by atoms with Gasteiger partial charge in [-0.15, -0.1) is 0 Å². The number of furan rings is 1. The van der Waals surface area contributed by atoms with Crippen LogP contribution in [0.25, 0.3) is 33.1 Å². The van der Waals surface area contributed by atoms with Crippen LogP contribution in [-0.2, 0) is 15.5 Å². The van der Waals surface area contributed by atoms with Crippen LogP contribution >= 0.6 is 0 Å². The van der Waals surface area contributed by atoms with Gasteiger partial charge in [0, 0.05) is 27.8 Å². The van der Waals surface area contributed by atoms with Crippen molar-refractivity contribution in [2.24, 2.45) is 0 Å². The number of alkyl halides is 3. The Morgan fingerprint density at radius 1 is 0.969 bits per heavy atom. The lowest BCUT2D eigenvalue weighted by Crippen LogP contribution is -2.28. The van der Waals surface area contributed by atoms with E-state index < -0.39 is 21.0 Å². The second-order valence-corrected chi connectivity index (χ2v) is 9.45. The third kappa shape index (κ3) is 2.65. The third-order valence-electron chi connectivity index (χ3n) is 6.51. The number of halogens is 3. The van der Waals surface area contributed by atoms with E-state index in [2.05, 4.69) is 0 Å². The topological polar surface area (TPSA) is 56.5 Å². The van der Waals surface area contributed by atoms with Crippen LogP contribution in [0.5, 0.6) is 5.75 Å². The molecule has 1 aliphatic rings. The zero-order valence-corrected chi connectivity index (χ0v) is 18.1. The molecule has 0 aliphatic heterocycles. The molecule has 0 saturated heterocycles. The first-order valence-corrected chi connectivity index (χ1v) is 11.6. The van der Waals surface area contributed by atoms with Crippen LogP contribution in [0, 0.1) is 0 Å². The van der Waals surface area contributed by atoms with Gasteiger partial charge in [-0.2, -0.15) is 21.6 Å². The van der Waals surface area contributed by atoms with Crippen molar-refractivity contribution in [1.82, 2.24) is 0 Å². The molecule has 0 unspecified atom stereocenters. The normalized spacial score (nSPS) is 15.2. The van der Waals surface area contributed by atoms with Crippen LogP contribution in [0.4, 0.5) is 13.2 Å². The van der Waals surface area contributed by atoms with Crippen LogP contribution in [0.3, 0.4) is 0 Å². The molecule has 5 rings (SSSR count). The minimum Gasteiger partial charge on any atom is -0.456 e. The maximum Gasteiger partial charge on any atom is 0.534 e. The van der Waals surface area contributed by atoms with Gasteiger partial charge in [-0.25, -0.2) is 0 Å². The number of hydrogen-bond donors (Lipinski definition) is 0. The summed E-state index contributed by atoms with van der Waals surface area (Å²) in [5.41, 5.74) is -2.49. The molecule has 3 aromatic carbocycles. The van der Waals surface area contributed by atoms with E-state index in [1.807, 2.05) is 38.1 Å². The maximum atomic E-state index is 13.2. The third-order valence-corrected chi connectivity index (χ3v) is 7.48. The highest BCUT2D eigenvalue weighted by Crippen LogP contribution is 2.59. The Hall–Kier alpha value is -3.00. The number of hydrogen-bond acceptors (Lipinski definition) is 4. The first-order chi connectivity index (χ1) is 15.1. The molecule has 0 atom stereocenters. The van der Waals surface area contributed by atoms with Crippen molar-refractivity contribution in [2.75, 3.05) is 0 Å². The summed E-state index contributed by atoms with van der Waals surface area (Å²) in [4.78, 5) is 0. The van der Waals surface area contributed by atoms with Crippen molar-refractivity contribution in [1.29, 1.82) is 0 Å². The zero-order chi connectivity index (χ0) is 22.9. The molecule has 8 heteroatoms. The molecular formula is C24H19F3O4S. The molecule has 1 aromatic heterocycles. The van der Waals surface area contributed by atoms with Crippen molar-refractivity contribution in [3.63, 3.8) is 0 Å². The lowest BCUT2D eigenvalue weighted by Gasteiger charge is -2.30. The number of rotatable bonds is 4. The van der Waals surface area contributed by atoms with Crippen molar-refractivity contribution < 1.29 is 30.2 Å². The molecule has 1 heterocycles. The van der Waals surface area contributed by atoms with Gasteiger partial charge in [-0.3, -0.25) is 0 Å². The molecule has 4 aromatic rings. The Kier molecular flexibility index (Phi) is 4.40. The first kappa shape index (κ1) is 20.9. The minimum absolute atomic E-state index is 0.288. The minimum atomic E-state index is -5.87. The maximum absolute atomic E-state index is 13.2. The Bertz CT molecular complexity index is 1480. The van der Waals surface area contributed by atoms with Gasteiger partial charge in [0.2, 0.25) is 0 Å². The summed E-state index contributed by atoms with van der Waals surface area (Å²) in [5, 5.41) is 1.59. The van der Waals surface area contributed by atoms with Gasteiger partial charge < -0.3 is 8.60 Å². The van der Waals surface area contributed by atoms with E-state index in [0.29, 0.717) is 29.6 Å². The molecule has 0 radical (unpaired) electrons. The monoisotopic (exact) mass is 460 g/mol. The Labute approximate surface area is 182 Å². The highest BCUT2D eigenvalue weighted by Gasteiger charge is 2.50. The molecule has 0 saturated carbocycles. The lowest BCUT2D eigenvalue weighted by molar-refractivity contribution is -0.0499. The quantitative estimate of drug-likeness (QED) is 0.246. The van der Waals surface area contributed by atoms with Crippen molar-refractivity contribution >= 4 is 32.1 Å². The highest BCUT2D eigenvalue weighted by atomic mass is 32.2. The lowest BCUT2D eigenvalue weighted by atomic mass is 9.72. The molecule has 0 bridgehead atoms. The van der Waals surface area contributed by atoms with Gasteiger partial charge in [0.05, 0.1) is 0 Å². The number of benzene rings is 3. The van der Waals surface area contributed by atoms with Gasteiger partial charge >= 0.3 is 15.6 Å². The number of para-hydroxylation sites is 1. The molecule has 32 heavy (non-hydrogen) atoms. The van der Waals surface area contributed by atoms with Crippen LogP contribution in [0.2, 0.25) is 0 Å². The van der Waals surface area contributed by atoms with Gasteiger partial charge in [-0.05, 0) is 35.6 Å². The summed E-state index contributed by atoms with van der Waals surface area (Å²) in [6.45, 7) is 4.03. The van der Waals surface area contributed by atoms with Gasteiger partial charge in [0.1, 0.15) is 11.2 Å². The predicted molar refractivity (Wildman–Crippen MR) is 116 cm³/mol. The van der Waals surface area contributed by atoms with Crippen LogP contribution in [0.1, 0.15) is 37.8 Å². The largest absolute Gasteiger partial charge is 0.534 e. The fraction of sp³-hybridized carbons (Fsp3) is 0.250. The summed E-state index contributed by atoms with van der Waals surface area (Å²) >= 11 is 0. The molecule has 0 spiro atoms. The molecule has 0 fully saturated rings. The summed E-state index contributed by atoms with van der Waals surface area (Å²) in [5.74, 6) is -0.375. The Balaban J connectivity index is 1.97. The second-order valence-electron chi connectivity index (χ2n) is 7.91. The summed E-state index contributed by atoms with van der Waals surface area (Å²) in [6, 6.07) is 16.0. The fourth-order valence-electron chi connectivity index (χ4n) is 5.08. The van der Waals surface area contributed by atoms with Gasteiger partial charge in [0.15, 0.2) is 5.75 Å². The van der Waals surface area contributed by atoms with Crippen molar-refractivity contribution in [2.45, 2.75) is 37.6 Å². The van der Waals surface area contributed by atoms with Crippen LogP contribution in [0.15, 0.2) is 59.0 Å². The van der Waals surface area contributed by atoms with Crippen molar-refractivity contribution in [3.05, 3.63) is 65.7 Å². The van der Waals surface area contributed by atoms with Crippen molar-refractivity contribution in [3.8, 4) is 16.9 Å². The summed E-state index contributed by atoms with van der Waals surface area (Å²) < 4.78 is 74.2. The molecule has 4 nitrogen and oxygen atoms in total. The van der Waals surface area contributed by atoms with E-state index in [1.54, 1.807) is 24.3 Å². The van der Waals surface area contributed by atoms with Gasteiger partial charge in [-0.1, -0.05) is 56.3 Å². The Morgan fingerprint density at radius 2 is 1.62 bits per heavy atom. The zero-order valence-electron chi connectivity index (χ0n) is 17.3. The van der Waals surface area contributed by atoms with E-state index in [9.17, 15) is 21.6 Å². The smallest absolute Gasteiger partial charge is 0.456 e. The van der Waals surface area contributed by atoms with Crippen LogP contribution < -0.4 is 4.18 Å². The molecule has 166 valence electrons. The Morgan fingerprint density at radius 3 is 2.31 bits per heavy atom. The molecule has 1 aliphatic carbocycles. The average Bonchev–Trinajstić information content (AvgIpc) is 3.26. The average molecular weight is 460 g/mol. The predicted octanol–water partition coefficient (Wildman–Crippen LogP) is 6.90. The van der Waals surface area contributed by atoms with E-state index in [1.165, 1.54) is 6.07 Å². The standard InChI is InChI=1S/C24H19F3O4S/c1-3-23(4-2)16-11-7-5-9-14(16)20-19(31-32(28,29)24(25,26)27)13-18-21(22(20)23)15-10-6-8-12-17(15)30-18/h5-13H,3-4H2,1-2H3. The second kappa shape index (κ2) is 6.75. The molecular weight excluding hydrogens is 441 g/mol. The van der Waals surface area contributed by atoms with E-state index in [-0.39, 0.29) is 11.3 Å². The SMILES string of the molecule is CCC1(CC)c2ccccc2-c2c(OS(=O)(=O)C(F)(F)F)cc3oc4ccccc4c3c21. The number of fused-ring (bicyclic) bond motifs is 7. The first-order valence-electron chi connectivity index (χ1n) is 10.2. The highest BCUT2D eigenvalue weighted by molar-refractivity contribution is 7.88. The van der Waals surface area contributed by atoms with E-state index in [0.717, 1.165) is 21.9 Å². The fourth-order valence-corrected chi connectivity index (χ4v) is 5.54. The van der Waals surface area contributed by atoms with Gasteiger partial charge in [0.25, 0.3) is 0 Å². The molecule has 0 N–H and O–H groups in total. The summed E-state index contributed by atoms with van der Waals surface area (Å²) in [6.07, 6.45) is 1.33.